The van der Waals surface area contributed by atoms with E-state index >= 15 is 0 Å². The number of ether oxygens (including phenoxy) is 1. The van der Waals surface area contributed by atoms with Crippen molar-refractivity contribution in [2.45, 2.75) is 19.8 Å². The number of carbonyl (C=O) groups is 2. The van der Waals surface area contributed by atoms with Gasteiger partial charge in [0.25, 0.3) is 5.91 Å². The third-order valence-corrected chi connectivity index (χ3v) is 3.16. The highest BCUT2D eigenvalue weighted by Gasteiger charge is 2.16. The summed E-state index contributed by atoms with van der Waals surface area (Å²) in [7, 11) is 3.08. The lowest BCUT2D eigenvalue weighted by Gasteiger charge is -2.14. The predicted molar refractivity (Wildman–Crippen MR) is 87.6 cm³/mol. The van der Waals surface area contributed by atoms with Crippen molar-refractivity contribution in [2.75, 3.05) is 26.0 Å². The number of unbranched alkanes of at least 4 members (excludes halogenated alkanes) is 1. The van der Waals surface area contributed by atoms with Crippen LogP contribution in [0.3, 0.4) is 0 Å². The molecule has 0 heterocycles. The van der Waals surface area contributed by atoms with Gasteiger partial charge in [-0.15, -0.1) is 0 Å². The van der Waals surface area contributed by atoms with Crippen LogP contribution in [0.15, 0.2) is 36.0 Å². The number of methoxy groups -OCH3 is 1. The van der Waals surface area contributed by atoms with Crippen molar-refractivity contribution in [2.24, 2.45) is 0 Å². The number of benzene rings is 1. The van der Waals surface area contributed by atoms with Crippen molar-refractivity contribution in [3.8, 4) is 6.07 Å². The zero-order valence-electron chi connectivity index (χ0n) is 13.6. The van der Waals surface area contributed by atoms with Gasteiger partial charge in [0.05, 0.1) is 18.4 Å². The molecule has 1 amide bonds. The van der Waals surface area contributed by atoms with Gasteiger partial charge in [-0.3, -0.25) is 4.79 Å². The highest BCUT2D eigenvalue weighted by molar-refractivity contribution is 6.09. The molecule has 0 fully saturated rings. The van der Waals surface area contributed by atoms with Crippen LogP contribution in [0.25, 0.3) is 0 Å². The van der Waals surface area contributed by atoms with Crippen molar-refractivity contribution in [1.82, 2.24) is 4.90 Å². The number of amides is 1. The van der Waals surface area contributed by atoms with Crippen molar-refractivity contribution in [1.29, 1.82) is 5.26 Å². The van der Waals surface area contributed by atoms with Crippen LogP contribution in [-0.2, 0) is 9.53 Å². The molecule has 1 aromatic rings. The third kappa shape index (κ3) is 5.47. The van der Waals surface area contributed by atoms with E-state index in [2.05, 4.69) is 17.0 Å². The van der Waals surface area contributed by atoms with Gasteiger partial charge in [0.15, 0.2) is 0 Å². The molecule has 1 N–H and O–H groups in total. The molecule has 6 heteroatoms. The van der Waals surface area contributed by atoms with Crippen LogP contribution in [0, 0.1) is 11.3 Å². The fourth-order valence-corrected chi connectivity index (χ4v) is 1.90. The highest BCUT2D eigenvalue weighted by atomic mass is 16.5. The fourth-order valence-electron chi connectivity index (χ4n) is 1.90. The number of nitrogens with zero attached hydrogens (tertiary/aromatic N) is 2. The number of carbonyl (C=O) groups excluding carboxylic acids is 2. The lowest BCUT2D eigenvalue weighted by molar-refractivity contribution is -0.112. The van der Waals surface area contributed by atoms with Gasteiger partial charge < -0.3 is 15.0 Å². The first kappa shape index (κ1) is 18.2. The second-order valence-corrected chi connectivity index (χ2v) is 4.98. The van der Waals surface area contributed by atoms with E-state index in [0.29, 0.717) is 5.69 Å². The summed E-state index contributed by atoms with van der Waals surface area (Å²) >= 11 is 0. The molecular weight excluding hydrogens is 294 g/mol. The Labute approximate surface area is 136 Å². The van der Waals surface area contributed by atoms with E-state index in [1.165, 1.54) is 13.3 Å². The summed E-state index contributed by atoms with van der Waals surface area (Å²) in [4.78, 5) is 25.7. The van der Waals surface area contributed by atoms with Gasteiger partial charge in [0, 0.05) is 19.8 Å². The van der Waals surface area contributed by atoms with Gasteiger partial charge in [0.1, 0.15) is 11.6 Å². The normalized spacial score (nSPS) is 10.6. The smallest absolute Gasteiger partial charge is 0.339 e. The number of esters is 1. The Hall–Kier alpha value is -2.81. The maximum atomic E-state index is 12.2. The fraction of sp³-hybridized carbons (Fsp3) is 0.353. The lowest BCUT2D eigenvalue weighted by atomic mass is 10.1. The molecule has 0 saturated heterocycles. The van der Waals surface area contributed by atoms with Gasteiger partial charge in [-0.1, -0.05) is 25.5 Å². The maximum Gasteiger partial charge on any atom is 0.339 e. The Morgan fingerprint density at radius 1 is 1.39 bits per heavy atom. The van der Waals surface area contributed by atoms with E-state index in [9.17, 15) is 14.9 Å². The van der Waals surface area contributed by atoms with Crippen molar-refractivity contribution in [3.05, 3.63) is 41.6 Å². The summed E-state index contributed by atoms with van der Waals surface area (Å²) in [6, 6.07) is 8.37. The summed E-state index contributed by atoms with van der Waals surface area (Å²) in [6.07, 6.45) is 3.50. The van der Waals surface area contributed by atoms with Crippen LogP contribution in [0.2, 0.25) is 0 Å². The number of nitrogens with one attached hydrogen (secondary N) is 1. The molecule has 0 spiro atoms. The van der Waals surface area contributed by atoms with Crippen LogP contribution in [0.4, 0.5) is 5.69 Å². The first-order chi connectivity index (χ1) is 11.0. The predicted octanol–water partition coefficient (Wildman–Crippen LogP) is 2.55. The largest absolute Gasteiger partial charge is 0.465 e. The van der Waals surface area contributed by atoms with Crippen molar-refractivity contribution >= 4 is 17.6 Å². The minimum absolute atomic E-state index is 0.0247. The molecule has 1 rings (SSSR count). The van der Waals surface area contributed by atoms with Crippen molar-refractivity contribution in [3.63, 3.8) is 0 Å². The Morgan fingerprint density at radius 3 is 2.70 bits per heavy atom. The number of nitriles is 1. The second kappa shape index (κ2) is 9.26. The molecule has 0 aliphatic heterocycles. The standard InChI is InChI=1S/C17H21N3O3/c1-4-5-10-20(2)12-13(11-18)16(21)19-15-9-7-6-8-14(15)17(22)23-3/h6-9,12H,4-5,10H2,1-3H3,(H,19,21)/b13-12-. The summed E-state index contributed by atoms with van der Waals surface area (Å²) in [6.45, 7) is 2.83. The highest BCUT2D eigenvalue weighted by Crippen LogP contribution is 2.17. The molecule has 0 aliphatic rings. The van der Waals surface area contributed by atoms with Gasteiger partial charge in [0.2, 0.25) is 0 Å². The molecule has 0 radical (unpaired) electrons. The molecule has 122 valence electrons. The van der Waals surface area contributed by atoms with Crippen LogP contribution in [-0.4, -0.2) is 37.5 Å². The topological polar surface area (TPSA) is 82.4 Å². The molecule has 1 aromatic carbocycles. The van der Waals surface area contributed by atoms with E-state index in [1.54, 1.807) is 29.2 Å². The summed E-state index contributed by atoms with van der Waals surface area (Å²) in [5.74, 6) is -1.12. The molecule has 0 unspecified atom stereocenters. The van der Waals surface area contributed by atoms with Gasteiger partial charge in [-0.2, -0.15) is 5.26 Å². The Bertz CT molecular complexity index is 632. The molecule has 0 atom stereocenters. The lowest BCUT2D eigenvalue weighted by Crippen LogP contribution is -2.20. The summed E-state index contributed by atoms with van der Waals surface area (Å²) in [5, 5.41) is 11.8. The number of hydrogen-bond acceptors (Lipinski definition) is 5. The van der Waals surface area contributed by atoms with E-state index in [1.807, 2.05) is 13.1 Å². The molecule has 0 aromatic heterocycles. The SMILES string of the molecule is CCCCN(C)/C=C(/C#N)C(=O)Nc1ccccc1C(=O)OC. The average Bonchev–Trinajstić information content (AvgIpc) is 2.57. The van der Waals surface area contributed by atoms with Crippen LogP contribution in [0.1, 0.15) is 30.1 Å². The molecule has 0 aliphatic carbocycles. The Kier molecular flexibility index (Phi) is 7.34. The average molecular weight is 315 g/mol. The number of hydrogen-bond donors (Lipinski definition) is 1. The quantitative estimate of drug-likeness (QED) is 0.475. The minimum Gasteiger partial charge on any atom is -0.465 e. The van der Waals surface area contributed by atoms with Crippen LogP contribution in [0.5, 0.6) is 0 Å². The zero-order valence-corrected chi connectivity index (χ0v) is 13.6. The van der Waals surface area contributed by atoms with E-state index in [4.69, 9.17) is 0 Å². The number of para-hydroxylation sites is 1. The Balaban J connectivity index is 2.92. The van der Waals surface area contributed by atoms with Gasteiger partial charge in [-0.05, 0) is 18.6 Å². The zero-order chi connectivity index (χ0) is 17.2. The second-order valence-electron chi connectivity index (χ2n) is 4.98. The van der Waals surface area contributed by atoms with E-state index < -0.39 is 11.9 Å². The first-order valence-corrected chi connectivity index (χ1v) is 7.34. The molecule has 23 heavy (non-hydrogen) atoms. The minimum atomic E-state index is -0.563. The number of anilines is 1. The monoisotopic (exact) mass is 315 g/mol. The molecule has 0 bridgehead atoms. The van der Waals surface area contributed by atoms with Crippen LogP contribution < -0.4 is 5.32 Å². The van der Waals surface area contributed by atoms with E-state index in [0.717, 1.165) is 19.4 Å². The Morgan fingerprint density at radius 2 is 2.09 bits per heavy atom. The maximum absolute atomic E-state index is 12.2. The van der Waals surface area contributed by atoms with Crippen LogP contribution >= 0.6 is 0 Å². The van der Waals surface area contributed by atoms with Crippen molar-refractivity contribution < 1.29 is 14.3 Å². The summed E-state index contributed by atoms with van der Waals surface area (Å²) in [5.41, 5.74) is 0.518. The van der Waals surface area contributed by atoms with E-state index in [-0.39, 0.29) is 11.1 Å². The number of rotatable bonds is 7. The first-order valence-electron chi connectivity index (χ1n) is 7.34. The molecule has 6 nitrogen and oxygen atoms in total. The molecule has 0 saturated carbocycles. The molecular formula is C17H21N3O3. The summed E-state index contributed by atoms with van der Waals surface area (Å²) < 4.78 is 4.68. The van der Waals surface area contributed by atoms with Gasteiger partial charge >= 0.3 is 5.97 Å². The van der Waals surface area contributed by atoms with Gasteiger partial charge in [-0.25, -0.2) is 4.79 Å². The third-order valence-electron chi connectivity index (χ3n) is 3.16.